The number of hydrogen-bond acceptors (Lipinski definition) is 4. The van der Waals surface area contributed by atoms with Gasteiger partial charge in [0.25, 0.3) is 0 Å². The molecule has 0 spiro atoms. The van der Waals surface area contributed by atoms with E-state index in [-0.39, 0.29) is 11.5 Å². The van der Waals surface area contributed by atoms with Crippen molar-refractivity contribution in [2.75, 3.05) is 0 Å². The molecule has 1 aromatic heterocycles. The average Bonchev–Trinajstić information content (AvgIpc) is 2.94. The van der Waals surface area contributed by atoms with Crippen molar-refractivity contribution >= 4 is 45.5 Å². The van der Waals surface area contributed by atoms with Gasteiger partial charge in [-0.15, -0.1) is 0 Å². The normalized spacial score (nSPS) is 14.4. The molecule has 2 aromatic carbocycles. The molecule has 0 bridgehead atoms. The van der Waals surface area contributed by atoms with Crippen molar-refractivity contribution in [3.05, 3.63) is 50.8 Å². The van der Waals surface area contributed by atoms with Crippen LogP contribution in [0.3, 0.4) is 0 Å². The number of para-hydroxylation sites is 2. The predicted octanol–water partition coefficient (Wildman–Crippen LogP) is 5.08. The Morgan fingerprint density at radius 2 is 1.92 bits per heavy atom. The molecule has 0 atom stereocenters. The molecule has 0 radical (unpaired) electrons. The van der Waals surface area contributed by atoms with Gasteiger partial charge >= 0.3 is 0 Å². The Hall–Kier alpha value is -2.02. The number of furan rings is 1. The molecule has 0 fully saturated rings. The highest BCUT2D eigenvalue weighted by Gasteiger charge is 2.22. The number of fused-ring (bicyclic) bond motifs is 3. The number of rotatable bonds is 2. The molecule has 5 heteroatoms. The van der Waals surface area contributed by atoms with Gasteiger partial charge in [0.2, 0.25) is 0 Å². The number of phenolic OH excluding ortho intramolecular Hbond substituents is 2. The lowest BCUT2D eigenvalue weighted by atomic mass is 9.94. The minimum Gasteiger partial charge on any atom is -0.506 e. The number of benzene rings is 2. The molecular formula is C19H16INO3. The molecule has 4 nitrogen and oxygen atoms in total. The Bertz CT molecular complexity index is 959. The van der Waals surface area contributed by atoms with E-state index in [0.717, 1.165) is 46.0 Å². The molecule has 24 heavy (non-hydrogen) atoms. The molecule has 0 saturated heterocycles. The Balaban J connectivity index is 1.92. The van der Waals surface area contributed by atoms with Gasteiger partial charge in [0.1, 0.15) is 28.5 Å². The van der Waals surface area contributed by atoms with E-state index in [0.29, 0.717) is 11.3 Å². The molecule has 3 aromatic rings. The van der Waals surface area contributed by atoms with Crippen molar-refractivity contribution in [1.29, 1.82) is 0 Å². The van der Waals surface area contributed by atoms with Crippen LogP contribution in [0.15, 0.2) is 39.7 Å². The number of hydrogen-bond donors (Lipinski definition) is 2. The molecule has 122 valence electrons. The molecule has 0 saturated carbocycles. The maximum absolute atomic E-state index is 10.6. The van der Waals surface area contributed by atoms with E-state index >= 15 is 0 Å². The van der Waals surface area contributed by atoms with Gasteiger partial charge in [-0.1, -0.05) is 12.1 Å². The Labute approximate surface area is 153 Å². The van der Waals surface area contributed by atoms with Crippen molar-refractivity contribution in [2.45, 2.75) is 25.7 Å². The van der Waals surface area contributed by atoms with Gasteiger partial charge in [-0.25, -0.2) is 0 Å². The zero-order valence-electron chi connectivity index (χ0n) is 12.9. The van der Waals surface area contributed by atoms with Crippen LogP contribution in [0.2, 0.25) is 0 Å². The third kappa shape index (κ3) is 2.56. The van der Waals surface area contributed by atoms with Gasteiger partial charge in [0, 0.05) is 29.1 Å². The summed E-state index contributed by atoms with van der Waals surface area (Å²) in [6.45, 7) is 0. The maximum Gasteiger partial charge on any atom is 0.141 e. The van der Waals surface area contributed by atoms with E-state index in [1.165, 1.54) is 5.56 Å². The van der Waals surface area contributed by atoms with Crippen LogP contribution >= 0.6 is 22.6 Å². The van der Waals surface area contributed by atoms with Crippen LogP contribution in [-0.2, 0) is 12.8 Å². The summed E-state index contributed by atoms with van der Waals surface area (Å²) >= 11 is 2.10. The van der Waals surface area contributed by atoms with Gasteiger partial charge in [-0.3, -0.25) is 4.99 Å². The molecule has 1 heterocycles. The van der Waals surface area contributed by atoms with Crippen LogP contribution in [0.5, 0.6) is 11.5 Å². The second-order valence-corrected chi connectivity index (χ2v) is 7.11. The van der Waals surface area contributed by atoms with Crippen molar-refractivity contribution in [3.8, 4) is 11.5 Å². The van der Waals surface area contributed by atoms with E-state index in [1.54, 1.807) is 24.4 Å². The number of aliphatic imine (C=N–C) groups is 1. The molecule has 1 aliphatic rings. The predicted molar refractivity (Wildman–Crippen MR) is 103 cm³/mol. The first-order valence-corrected chi connectivity index (χ1v) is 9.01. The smallest absolute Gasteiger partial charge is 0.141 e. The summed E-state index contributed by atoms with van der Waals surface area (Å²) in [6.07, 6.45) is 5.79. The van der Waals surface area contributed by atoms with Crippen LogP contribution < -0.4 is 0 Å². The standard InChI is InChI=1S/C19H16INO3/c20-13-9-17-18(11-5-1-4-8-16(11)24-17)12(19(13)23)10-21-14-6-2-3-7-15(14)22/h2-3,6-7,9-10,22-23H,1,4-5,8H2. The van der Waals surface area contributed by atoms with Crippen LogP contribution in [0.1, 0.15) is 29.7 Å². The van der Waals surface area contributed by atoms with Crippen LogP contribution in [0, 0.1) is 3.57 Å². The Kier molecular flexibility index (Phi) is 3.96. The second-order valence-electron chi connectivity index (χ2n) is 5.95. The van der Waals surface area contributed by atoms with Crippen LogP contribution in [-0.4, -0.2) is 16.4 Å². The Morgan fingerprint density at radius 3 is 2.75 bits per heavy atom. The molecular weight excluding hydrogens is 417 g/mol. The van der Waals surface area contributed by atoms with Gasteiger partial charge in [-0.05, 0) is 60.1 Å². The summed E-state index contributed by atoms with van der Waals surface area (Å²) in [4.78, 5) is 4.38. The second kappa shape index (κ2) is 6.12. The Morgan fingerprint density at radius 1 is 1.12 bits per heavy atom. The number of aromatic hydroxyl groups is 2. The molecule has 0 amide bonds. The fraction of sp³-hybridized carbons (Fsp3) is 0.211. The molecule has 2 N–H and O–H groups in total. The highest BCUT2D eigenvalue weighted by Crippen LogP contribution is 2.39. The summed E-state index contributed by atoms with van der Waals surface area (Å²) < 4.78 is 6.74. The minimum absolute atomic E-state index is 0.115. The molecule has 0 unspecified atom stereocenters. The number of halogens is 1. The topological polar surface area (TPSA) is 66.0 Å². The SMILES string of the molecule is Oc1ccccc1N=Cc1c(O)c(I)cc2oc3c(c12)CCCC3. The first-order valence-electron chi connectivity index (χ1n) is 7.93. The molecule has 0 aliphatic heterocycles. The zero-order valence-corrected chi connectivity index (χ0v) is 15.1. The van der Waals surface area contributed by atoms with E-state index in [1.807, 2.05) is 12.1 Å². The fourth-order valence-corrected chi connectivity index (χ4v) is 3.82. The summed E-state index contributed by atoms with van der Waals surface area (Å²) in [5.41, 5.74) is 3.11. The third-order valence-corrected chi connectivity index (χ3v) is 5.24. The number of aryl methyl sites for hydroxylation is 2. The fourth-order valence-electron chi connectivity index (χ4n) is 3.25. The number of nitrogens with zero attached hydrogens (tertiary/aromatic N) is 1. The van der Waals surface area contributed by atoms with Crippen molar-refractivity contribution in [2.24, 2.45) is 4.99 Å². The quantitative estimate of drug-likeness (QED) is 0.438. The summed E-state index contributed by atoms with van der Waals surface area (Å²) in [6, 6.07) is 8.77. The third-order valence-electron chi connectivity index (χ3n) is 4.42. The van der Waals surface area contributed by atoms with Gasteiger partial charge in [0.15, 0.2) is 0 Å². The lowest BCUT2D eigenvalue weighted by molar-refractivity contribution is 0.470. The highest BCUT2D eigenvalue weighted by molar-refractivity contribution is 14.1. The minimum atomic E-state index is 0.115. The first kappa shape index (κ1) is 15.5. The van der Waals surface area contributed by atoms with Gasteiger partial charge < -0.3 is 14.6 Å². The van der Waals surface area contributed by atoms with Gasteiger partial charge in [0.05, 0.1) is 3.57 Å². The van der Waals surface area contributed by atoms with Crippen LogP contribution in [0.25, 0.3) is 11.0 Å². The molecule has 1 aliphatic carbocycles. The zero-order chi connectivity index (χ0) is 16.7. The lowest BCUT2D eigenvalue weighted by Gasteiger charge is -2.10. The average molecular weight is 433 g/mol. The first-order chi connectivity index (χ1) is 11.6. The largest absolute Gasteiger partial charge is 0.506 e. The monoisotopic (exact) mass is 433 g/mol. The van der Waals surface area contributed by atoms with E-state index < -0.39 is 0 Å². The van der Waals surface area contributed by atoms with E-state index in [9.17, 15) is 10.2 Å². The highest BCUT2D eigenvalue weighted by atomic mass is 127. The van der Waals surface area contributed by atoms with Gasteiger partial charge in [-0.2, -0.15) is 0 Å². The van der Waals surface area contributed by atoms with Crippen molar-refractivity contribution in [3.63, 3.8) is 0 Å². The van der Waals surface area contributed by atoms with Crippen LogP contribution in [0.4, 0.5) is 5.69 Å². The summed E-state index contributed by atoms with van der Waals surface area (Å²) in [7, 11) is 0. The van der Waals surface area contributed by atoms with Crippen molar-refractivity contribution < 1.29 is 14.6 Å². The van der Waals surface area contributed by atoms with E-state index in [4.69, 9.17) is 4.42 Å². The molecule has 4 rings (SSSR count). The summed E-state index contributed by atoms with van der Waals surface area (Å²) in [5.74, 6) is 1.34. The lowest BCUT2D eigenvalue weighted by Crippen LogP contribution is -2.00. The van der Waals surface area contributed by atoms with E-state index in [2.05, 4.69) is 27.6 Å². The van der Waals surface area contributed by atoms with Crippen molar-refractivity contribution in [1.82, 2.24) is 0 Å². The maximum atomic E-state index is 10.6. The summed E-state index contributed by atoms with van der Waals surface area (Å²) in [5, 5.41) is 21.4. The number of phenols is 2.